The lowest BCUT2D eigenvalue weighted by Crippen LogP contribution is -2.42. The second-order valence-corrected chi connectivity index (χ2v) is 8.21. The number of hydrogen-bond acceptors (Lipinski definition) is 4. The molecule has 0 aliphatic carbocycles. The highest BCUT2D eigenvalue weighted by atomic mass is 127. The van der Waals surface area contributed by atoms with Crippen LogP contribution in [0.15, 0.2) is 17.1 Å². The molecule has 5 nitrogen and oxygen atoms in total. The molecule has 0 spiro atoms. The SMILES string of the molecule is CN=C(NCc1nc(C(C)C)c(C)s1)N1CCC(N2CC=CC2)C1.I. The third kappa shape index (κ3) is 4.95. The van der Waals surface area contributed by atoms with E-state index < -0.39 is 0 Å². The lowest BCUT2D eigenvalue weighted by molar-refractivity contribution is 0.259. The molecule has 1 saturated heterocycles. The molecule has 0 radical (unpaired) electrons. The Morgan fingerprint density at radius 2 is 2.12 bits per heavy atom. The number of thiazole rings is 1. The highest BCUT2D eigenvalue weighted by molar-refractivity contribution is 14.0. The Labute approximate surface area is 172 Å². The smallest absolute Gasteiger partial charge is 0.194 e. The molecule has 1 atom stereocenters. The molecule has 1 unspecified atom stereocenters. The summed E-state index contributed by atoms with van der Waals surface area (Å²) >= 11 is 1.80. The summed E-state index contributed by atoms with van der Waals surface area (Å²) in [6.07, 6.45) is 5.76. The molecular formula is C18H30IN5S. The largest absolute Gasteiger partial charge is 0.350 e. The maximum atomic E-state index is 4.79. The van der Waals surface area contributed by atoms with Crippen molar-refractivity contribution in [2.45, 2.75) is 45.7 Å². The highest BCUT2D eigenvalue weighted by Crippen LogP contribution is 2.24. The molecule has 3 rings (SSSR count). The Balaban J connectivity index is 0.00000225. The standard InChI is InChI=1S/C18H29N5S.HI/c1-13(2)17-14(3)24-16(21-17)11-20-18(19-4)23-10-7-15(12-23)22-8-5-6-9-22;/h5-6,13,15H,7-12H2,1-4H3,(H,19,20);1H. The van der Waals surface area contributed by atoms with Gasteiger partial charge in [0.05, 0.1) is 12.2 Å². The molecule has 1 fully saturated rings. The van der Waals surface area contributed by atoms with Crippen LogP contribution in [0.5, 0.6) is 0 Å². The van der Waals surface area contributed by atoms with E-state index in [2.05, 4.69) is 53.0 Å². The minimum Gasteiger partial charge on any atom is -0.350 e. The number of aliphatic imine (C=N–C) groups is 1. The predicted molar refractivity (Wildman–Crippen MR) is 117 cm³/mol. The van der Waals surface area contributed by atoms with Crippen molar-refractivity contribution in [2.75, 3.05) is 33.2 Å². The number of hydrogen-bond donors (Lipinski definition) is 1. The van der Waals surface area contributed by atoms with Crippen LogP contribution in [0.1, 0.15) is 41.8 Å². The van der Waals surface area contributed by atoms with Crippen LogP contribution in [0.4, 0.5) is 0 Å². The molecule has 25 heavy (non-hydrogen) atoms. The Kier molecular flexibility index (Phi) is 7.69. The number of aryl methyl sites for hydroxylation is 1. The summed E-state index contributed by atoms with van der Waals surface area (Å²) in [5, 5.41) is 4.66. The summed E-state index contributed by atoms with van der Waals surface area (Å²) < 4.78 is 0. The van der Waals surface area contributed by atoms with Gasteiger partial charge in [-0.05, 0) is 19.3 Å². The van der Waals surface area contributed by atoms with E-state index in [1.54, 1.807) is 11.3 Å². The fourth-order valence-corrected chi connectivity index (χ4v) is 4.62. The van der Waals surface area contributed by atoms with E-state index in [4.69, 9.17) is 4.98 Å². The van der Waals surface area contributed by atoms with Crippen molar-refractivity contribution >= 4 is 41.3 Å². The quantitative estimate of drug-likeness (QED) is 0.315. The molecule has 0 saturated carbocycles. The first kappa shape index (κ1) is 20.6. The first-order valence-electron chi connectivity index (χ1n) is 8.89. The summed E-state index contributed by atoms with van der Waals surface area (Å²) in [7, 11) is 1.87. The maximum absolute atomic E-state index is 4.79. The predicted octanol–water partition coefficient (Wildman–Crippen LogP) is 3.21. The van der Waals surface area contributed by atoms with Crippen LogP contribution in [0.3, 0.4) is 0 Å². The Hall–Kier alpha value is -0.670. The lowest BCUT2D eigenvalue weighted by atomic mass is 10.1. The first-order chi connectivity index (χ1) is 11.6. The second kappa shape index (κ2) is 9.32. The van der Waals surface area contributed by atoms with Gasteiger partial charge in [0, 0.05) is 44.1 Å². The highest BCUT2D eigenvalue weighted by Gasteiger charge is 2.29. The van der Waals surface area contributed by atoms with E-state index >= 15 is 0 Å². The van der Waals surface area contributed by atoms with E-state index in [1.165, 1.54) is 17.0 Å². The second-order valence-electron chi connectivity index (χ2n) is 6.92. The van der Waals surface area contributed by atoms with Gasteiger partial charge in [0.2, 0.25) is 0 Å². The maximum Gasteiger partial charge on any atom is 0.194 e. The zero-order valence-corrected chi connectivity index (χ0v) is 18.8. The molecule has 7 heteroatoms. The zero-order valence-electron chi connectivity index (χ0n) is 15.7. The number of likely N-dealkylation sites (tertiary alicyclic amines) is 1. The fourth-order valence-electron chi connectivity index (χ4n) is 3.59. The van der Waals surface area contributed by atoms with Crippen molar-refractivity contribution in [1.29, 1.82) is 0 Å². The number of aromatic nitrogens is 1. The van der Waals surface area contributed by atoms with Gasteiger partial charge < -0.3 is 10.2 Å². The third-order valence-electron chi connectivity index (χ3n) is 4.86. The van der Waals surface area contributed by atoms with Gasteiger partial charge in [0.1, 0.15) is 5.01 Å². The van der Waals surface area contributed by atoms with Gasteiger partial charge in [-0.2, -0.15) is 0 Å². The summed E-state index contributed by atoms with van der Waals surface area (Å²) in [6.45, 7) is 11.7. The molecular weight excluding hydrogens is 445 g/mol. The van der Waals surface area contributed by atoms with Gasteiger partial charge in [-0.3, -0.25) is 9.89 Å². The first-order valence-corrected chi connectivity index (χ1v) is 9.71. The topological polar surface area (TPSA) is 43.8 Å². The monoisotopic (exact) mass is 475 g/mol. The van der Waals surface area contributed by atoms with Crippen molar-refractivity contribution in [3.8, 4) is 0 Å². The average molecular weight is 475 g/mol. The van der Waals surface area contributed by atoms with Crippen LogP contribution >= 0.6 is 35.3 Å². The van der Waals surface area contributed by atoms with Crippen LogP contribution in [-0.2, 0) is 6.54 Å². The van der Waals surface area contributed by atoms with Gasteiger partial charge in [-0.15, -0.1) is 35.3 Å². The van der Waals surface area contributed by atoms with Gasteiger partial charge in [-0.25, -0.2) is 4.98 Å². The minimum atomic E-state index is 0. The van der Waals surface area contributed by atoms with E-state index in [0.29, 0.717) is 12.0 Å². The molecule has 0 amide bonds. The number of nitrogens with zero attached hydrogens (tertiary/aromatic N) is 4. The molecule has 1 N–H and O–H groups in total. The molecule has 3 heterocycles. The summed E-state index contributed by atoms with van der Waals surface area (Å²) in [4.78, 5) is 15.5. The summed E-state index contributed by atoms with van der Waals surface area (Å²) in [6, 6.07) is 0.646. The fraction of sp³-hybridized carbons (Fsp3) is 0.667. The number of nitrogens with one attached hydrogen (secondary N) is 1. The third-order valence-corrected chi connectivity index (χ3v) is 5.85. The number of guanidine groups is 1. The van der Waals surface area contributed by atoms with Crippen molar-refractivity contribution < 1.29 is 0 Å². The van der Waals surface area contributed by atoms with Crippen LogP contribution in [-0.4, -0.2) is 60.0 Å². The molecule has 2 aliphatic heterocycles. The average Bonchev–Trinajstić information content (AvgIpc) is 3.27. The van der Waals surface area contributed by atoms with E-state index in [1.807, 2.05) is 7.05 Å². The van der Waals surface area contributed by atoms with Gasteiger partial charge in [0.15, 0.2) is 5.96 Å². The molecule has 140 valence electrons. The normalized spacial score (nSPS) is 21.2. The Morgan fingerprint density at radius 3 is 2.72 bits per heavy atom. The molecule has 1 aromatic rings. The van der Waals surface area contributed by atoms with Crippen molar-refractivity contribution in [1.82, 2.24) is 20.1 Å². The molecule has 1 aromatic heterocycles. The van der Waals surface area contributed by atoms with Crippen molar-refractivity contribution in [3.63, 3.8) is 0 Å². The number of halogens is 1. The van der Waals surface area contributed by atoms with E-state index in [9.17, 15) is 0 Å². The van der Waals surface area contributed by atoms with Gasteiger partial charge in [0.25, 0.3) is 0 Å². The Morgan fingerprint density at radius 1 is 1.40 bits per heavy atom. The van der Waals surface area contributed by atoms with Gasteiger partial charge >= 0.3 is 0 Å². The summed E-state index contributed by atoms with van der Waals surface area (Å²) in [5.74, 6) is 1.49. The van der Waals surface area contributed by atoms with E-state index in [-0.39, 0.29) is 24.0 Å². The molecule has 0 bridgehead atoms. The van der Waals surface area contributed by atoms with Crippen LogP contribution in [0.2, 0.25) is 0 Å². The molecule has 0 aromatic carbocycles. The van der Waals surface area contributed by atoms with Crippen LogP contribution in [0.25, 0.3) is 0 Å². The lowest BCUT2D eigenvalue weighted by Gasteiger charge is -2.25. The van der Waals surface area contributed by atoms with E-state index in [0.717, 1.165) is 43.7 Å². The van der Waals surface area contributed by atoms with Crippen molar-refractivity contribution in [3.05, 3.63) is 27.7 Å². The number of rotatable bonds is 4. The van der Waals surface area contributed by atoms with Crippen LogP contribution < -0.4 is 5.32 Å². The van der Waals surface area contributed by atoms with Gasteiger partial charge in [-0.1, -0.05) is 26.0 Å². The molecule has 2 aliphatic rings. The van der Waals surface area contributed by atoms with Crippen molar-refractivity contribution in [2.24, 2.45) is 4.99 Å². The van der Waals surface area contributed by atoms with Crippen LogP contribution in [0, 0.1) is 6.92 Å². The zero-order chi connectivity index (χ0) is 17.1. The minimum absolute atomic E-state index is 0. The summed E-state index contributed by atoms with van der Waals surface area (Å²) in [5.41, 5.74) is 1.23. The Bertz CT molecular complexity index is 617.